The fourth-order valence-corrected chi connectivity index (χ4v) is 2.31. The molecule has 2 amide bonds. The van der Waals surface area contributed by atoms with Crippen LogP contribution in [0.2, 0.25) is 0 Å². The first kappa shape index (κ1) is 16.3. The number of ether oxygens (including phenoxy) is 1. The van der Waals surface area contributed by atoms with Crippen LogP contribution in [0.3, 0.4) is 0 Å². The Morgan fingerprint density at radius 3 is 2.60 bits per heavy atom. The highest BCUT2D eigenvalue weighted by Crippen LogP contribution is 2.19. The van der Waals surface area contributed by atoms with E-state index in [1.54, 1.807) is 6.92 Å². The highest BCUT2D eigenvalue weighted by Gasteiger charge is 2.36. The van der Waals surface area contributed by atoms with Crippen molar-refractivity contribution in [1.82, 2.24) is 9.80 Å². The van der Waals surface area contributed by atoms with Gasteiger partial charge in [-0.25, -0.2) is 9.59 Å². The maximum atomic E-state index is 12.4. The highest BCUT2D eigenvalue weighted by atomic mass is 16.5. The average molecular weight is 286 g/mol. The lowest BCUT2D eigenvalue weighted by Gasteiger charge is -2.29. The minimum absolute atomic E-state index is 0.136. The first-order valence-corrected chi connectivity index (χ1v) is 6.95. The Labute approximate surface area is 118 Å². The number of rotatable bonds is 6. The van der Waals surface area contributed by atoms with E-state index in [2.05, 4.69) is 0 Å². The second kappa shape index (κ2) is 7.72. The molecule has 0 saturated carbocycles. The highest BCUT2D eigenvalue weighted by molar-refractivity contribution is 5.85. The lowest BCUT2D eigenvalue weighted by Crippen LogP contribution is -2.49. The lowest BCUT2D eigenvalue weighted by atomic mass is 10.2. The fraction of sp³-hybridized carbons (Fsp3) is 0.769. The van der Waals surface area contributed by atoms with Crippen molar-refractivity contribution in [3.8, 4) is 0 Å². The molecule has 20 heavy (non-hydrogen) atoms. The molecular weight excluding hydrogens is 264 g/mol. The number of carbonyl (C=O) groups excluding carboxylic acids is 2. The molecule has 0 unspecified atom stereocenters. The summed E-state index contributed by atoms with van der Waals surface area (Å²) >= 11 is 0. The second-order valence-corrected chi connectivity index (χ2v) is 4.70. The fourth-order valence-electron chi connectivity index (χ4n) is 2.31. The number of aliphatic carboxylic acids is 1. The van der Waals surface area contributed by atoms with Crippen molar-refractivity contribution in [3.05, 3.63) is 0 Å². The summed E-state index contributed by atoms with van der Waals surface area (Å²) in [5, 5.41) is 9.11. The second-order valence-electron chi connectivity index (χ2n) is 4.70. The molecular formula is C13H22N2O5. The summed E-state index contributed by atoms with van der Waals surface area (Å²) < 4.78 is 4.84. The molecule has 0 spiro atoms. The summed E-state index contributed by atoms with van der Waals surface area (Å²) in [7, 11) is 0. The van der Waals surface area contributed by atoms with Crippen molar-refractivity contribution in [1.29, 1.82) is 0 Å². The minimum Gasteiger partial charge on any atom is -0.480 e. The number of esters is 1. The van der Waals surface area contributed by atoms with E-state index in [9.17, 15) is 14.4 Å². The van der Waals surface area contributed by atoms with Gasteiger partial charge in [-0.15, -0.1) is 0 Å². The van der Waals surface area contributed by atoms with Gasteiger partial charge >= 0.3 is 18.0 Å². The van der Waals surface area contributed by atoms with Gasteiger partial charge in [0.1, 0.15) is 12.6 Å². The van der Waals surface area contributed by atoms with Crippen LogP contribution in [-0.2, 0) is 14.3 Å². The quantitative estimate of drug-likeness (QED) is 0.734. The number of amides is 2. The monoisotopic (exact) mass is 286 g/mol. The summed E-state index contributed by atoms with van der Waals surface area (Å²) in [5.74, 6) is -1.47. The van der Waals surface area contributed by atoms with E-state index in [4.69, 9.17) is 9.84 Å². The third-order valence-corrected chi connectivity index (χ3v) is 3.17. The summed E-state index contributed by atoms with van der Waals surface area (Å²) in [6.07, 6.45) is 1.82. The maximum Gasteiger partial charge on any atom is 0.326 e. The van der Waals surface area contributed by atoms with Crippen LogP contribution in [0.15, 0.2) is 0 Å². The summed E-state index contributed by atoms with van der Waals surface area (Å²) in [6.45, 7) is 4.53. The zero-order valence-electron chi connectivity index (χ0n) is 12.0. The van der Waals surface area contributed by atoms with Crippen LogP contribution in [0.1, 0.15) is 33.1 Å². The van der Waals surface area contributed by atoms with E-state index < -0.39 is 24.0 Å². The molecule has 114 valence electrons. The Balaban J connectivity index is 2.72. The van der Waals surface area contributed by atoms with Gasteiger partial charge in [-0.2, -0.15) is 0 Å². The van der Waals surface area contributed by atoms with E-state index in [-0.39, 0.29) is 13.2 Å². The molecule has 1 aliphatic heterocycles. The van der Waals surface area contributed by atoms with E-state index in [1.807, 2.05) is 6.92 Å². The Bertz CT molecular complexity index is 372. The maximum absolute atomic E-state index is 12.4. The molecule has 1 atom stereocenters. The van der Waals surface area contributed by atoms with Gasteiger partial charge in [-0.1, -0.05) is 6.92 Å². The molecule has 7 heteroatoms. The number of urea groups is 1. The van der Waals surface area contributed by atoms with E-state index in [0.717, 1.165) is 0 Å². The number of carbonyl (C=O) groups is 3. The molecule has 0 aromatic carbocycles. The topological polar surface area (TPSA) is 87.2 Å². The predicted octanol–water partition coefficient (Wildman–Crippen LogP) is 0.930. The van der Waals surface area contributed by atoms with Crippen molar-refractivity contribution >= 4 is 18.0 Å². The molecule has 1 rings (SSSR count). The van der Waals surface area contributed by atoms with Gasteiger partial charge in [0.05, 0.1) is 6.61 Å². The zero-order valence-corrected chi connectivity index (χ0v) is 12.0. The zero-order chi connectivity index (χ0) is 15.1. The molecule has 0 aromatic rings. The lowest BCUT2D eigenvalue weighted by molar-refractivity contribution is -0.143. The average Bonchev–Trinajstić information content (AvgIpc) is 2.87. The van der Waals surface area contributed by atoms with E-state index >= 15 is 0 Å². The summed E-state index contributed by atoms with van der Waals surface area (Å²) in [6, 6.07) is -1.19. The molecule has 1 aliphatic rings. The van der Waals surface area contributed by atoms with E-state index in [1.165, 1.54) is 9.80 Å². The molecule has 0 aromatic heterocycles. The molecule has 7 nitrogen and oxygen atoms in total. The minimum atomic E-state index is -0.997. The number of hydrogen-bond donors (Lipinski definition) is 1. The van der Waals surface area contributed by atoms with Crippen LogP contribution >= 0.6 is 0 Å². The van der Waals surface area contributed by atoms with Crippen LogP contribution in [0.4, 0.5) is 4.79 Å². The number of hydrogen-bond acceptors (Lipinski definition) is 4. The SMILES string of the molecule is CCCN(CC(=O)OCC)C(=O)N1CCC[C@@H]1C(=O)O. The molecule has 1 saturated heterocycles. The first-order valence-electron chi connectivity index (χ1n) is 6.95. The number of carboxylic acids is 1. The van der Waals surface area contributed by atoms with Crippen molar-refractivity contribution < 1.29 is 24.2 Å². The Hall–Kier alpha value is -1.79. The van der Waals surface area contributed by atoms with Crippen molar-refractivity contribution in [3.63, 3.8) is 0 Å². The molecule has 1 N–H and O–H groups in total. The molecule has 1 heterocycles. The molecule has 1 fully saturated rings. The Morgan fingerprint density at radius 2 is 2.05 bits per heavy atom. The Kier molecular flexibility index (Phi) is 6.27. The number of carboxylic acid groups (broad SMARTS) is 1. The molecule has 0 radical (unpaired) electrons. The van der Waals surface area contributed by atoms with Crippen LogP contribution in [0, 0.1) is 0 Å². The predicted molar refractivity (Wildman–Crippen MR) is 71.3 cm³/mol. The standard InChI is InChI=1S/C13H22N2O5/c1-3-7-14(9-11(16)20-4-2)13(19)15-8-5-6-10(15)12(17)18/h10H,3-9H2,1-2H3,(H,17,18)/t10-/m1/s1. The van der Waals surface area contributed by atoms with Gasteiger partial charge in [0.2, 0.25) is 0 Å². The third kappa shape index (κ3) is 4.11. The van der Waals surface area contributed by atoms with Gasteiger partial charge < -0.3 is 19.6 Å². The van der Waals surface area contributed by atoms with Gasteiger partial charge in [-0.05, 0) is 26.2 Å². The van der Waals surface area contributed by atoms with Gasteiger partial charge in [0.15, 0.2) is 0 Å². The molecule has 0 aliphatic carbocycles. The summed E-state index contributed by atoms with van der Waals surface area (Å²) in [4.78, 5) is 37.7. The Morgan fingerprint density at radius 1 is 1.35 bits per heavy atom. The van der Waals surface area contributed by atoms with Gasteiger partial charge in [-0.3, -0.25) is 4.79 Å². The van der Waals surface area contributed by atoms with Crippen molar-refractivity contribution in [2.24, 2.45) is 0 Å². The van der Waals surface area contributed by atoms with Crippen LogP contribution in [-0.4, -0.2) is 65.2 Å². The number of nitrogens with zero attached hydrogens (tertiary/aromatic N) is 2. The normalized spacial score (nSPS) is 17.9. The van der Waals surface area contributed by atoms with Crippen LogP contribution < -0.4 is 0 Å². The smallest absolute Gasteiger partial charge is 0.326 e. The van der Waals surface area contributed by atoms with Crippen molar-refractivity contribution in [2.75, 3.05) is 26.2 Å². The summed E-state index contributed by atoms with van der Waals surface area (Å²) in [5.41, 5.74) is 0. The third-order valence-electron chi connectivity index (χ3n) is 3.17. The van der Waals surface area contributed by atoms with Gasteiger partial charge in [0, 0.05) is 13.1 Å². The van der Waals surface area contributed by atoms with Crippen molar-refractivity contribution in [2.45, 2.75) is 39.2 Å². The number of likely N-dealkylation sites (tertiary alicyclic amines) is 1. The molecule has 0 bridgehead atoms. The van der Waals surface area contributed by atoms with E-state index in [0.29, 0.717) is 32.4 Å². The van der Waals surface area contributed by atoms with Crippen LogP contribution in [0.25, 0.3) is 0 Å². The largest absolute Gasteiger partial charge is 0.480 e. The van der Waals surface area contributed by atoms with Crippen LogP contribution in [0.5, 0.6) is 0 Å². The van der Waals surface area contributed by atoms with Gasteiger partial charge in [0.25, 0.3) is 0 Å². The first-order chi connectivity index (χ1) is 9.51.